The second-order valence-corrected chi connectivity index (χ2v) is 4.71. The minimum atomic E-state index is -0.119. The third-order valence-electron chi connectivity index (χ3n) is 2.29. The van der Waals surface area contributed by atoms with E-state index >= 15 is 0 Å². The van der Waals surface area contributed by atoms with E-state index in [1.807, 2.05) is 18.7 Å². The maximum absolute atomic E-state index is 11.7. The van der Waals surface area contributed by atoms with E-state index in [1.54, 1.807) is 0 Å². The largest absolute Gasteiger partial charge is 0.359 e. The molecule has 3 heteroatoms. The Morgan fingerprint density at radius 1 is 1.54 bits per heavy atom. The fourth-order valence-corrected chi connectivity index (χ4v) is 1.51. The Labute approximate surface area is 80.1 Å². The highest BCUT2D eigenvalue weighted by molar-refractivity contribution is 5.77. The summed E-state index contributed by atoms with van der Waals surface area (Å²) in [6, 6.07) is 0. The van der Waals surface area contributed by atoms with Gasteiger partial charge in [-0.05, 0) is 19.8 Å². The van der Waals surface area contributed by atoms with Crippen LogP contribution >= 0.6 is 0 Å². The average Bonchev–Trinajstić information content (AvgIpc) is 2.27. The molecular weight excluding hydrogens is 166 g/mol. The van der Waals surface area contributed by atoms with Gasteiger partial charge in [-0.1, -0.05) is 13.8 Å². The number of carbonyl (C=O) groups excluding carboxylic acids is 1. The molecule has 1 rings (SSSR count). The van der Waals surface area contributed by atoms with Crippen molar-refractivity contribution in [3.05, 3.63) is 0 Å². The highest BCUT2D eigenvalue weighted by Gasteiger charge is 2.36. The lowest BCUT2D eigenvalue weighted by atomic mass is 10.0. The second kappa shape index (κ2) is 3.66. The third-order valence-corrected chi connectivity index (χ3v) is 2.29. The Morgan fingerprint density at radius 3 is 2.54 bits per heavy atom. The number of amides is 1. The molecule has 1 fully saturated rings. The van der Waals surface area contributed by atoms with Gasteiger partial charge >= 0.3 is 0 Å². The van der Waals surface area contributed by atoms with Crippen molar-refractivity contribution in [2.24, 2.45) is 5.92 Å². The van der Waals surface area contributed by atoms with Crippen LogP contribution in [0.25, 0.3) is 0 Å². The SMILES string of the molecule is CC(C)CC(=O)N1COCC1(C)C. The number of hydrogen-bond donors (Lipinski definition) is 0. The van der Waals surface area contributed by atoms with Gasteiger partial charge in [0.15, 0.2) is 0 Å². The van der Waals surface area contributed by atoms with Crippen molar-refractivity contribution >= 4 is 5.91 Å². The van der Waals surface area contributed by atoms with Crippen LogP contribution in [-0.2, 0) is 9.53 Å². The quantitative estimate of drug-likeness (QED) is 0.654. The van der Waals surface area contributed by atoms with Crippen molar-refractivity contribution in [1.29, 1.82) is 0 Å². The third kappa shape index (κ3) is 2.44. The zero-order valence-electron chi connectivity index (χ0n) is 8.96. The molecule has 0 spiro atoms. The molecule has 0 aliphatic carbocycles. The lowest BCUT2D eigenvalue weighted by Crippen LogP contribution is -2.44. The van der Waals surface area contributed by atoms with Crippen LogP contribution in [-0.4, -0.2) is 29.7 Å². The standard InChI is InChI=1S/C10H19NO2/c1-8(2)5-9(12)11-7-13-6-10(11,3)4/h8H,5-7H2,1-4H3. The van der Waals surface area contributed by atoms with Crippen molar-refractivity contribution in [3.8, 4) is 0 Å². The molecule has 3 nitrogen and oxygen atoms in total. The van der Waals surface area contributed by atoms with E-state index in [9.17, 15) is 4.79 Å². The smallest absolute Gasteiger partial charge is 0.225 e. The zero-order valence-corrected chi connectivity index (χ0v) is 8.96. The van der Waals surface area contributed by atoms with E-state index in [4.69, 9.17) is 4.74 Å². The van der Waals surface area contributed by atoms with Crippen LogP contribution in [0.5, 0.6) is 0 Å². The fraction of sp³-hybridized carbons (Fsp3) is 0.900. The molecule has 0 unspecified atom stereocenters. The van der Waals surface area contributed by atoms with Crippen molar-refractivity contribution in [3.63, 3.8) is 0 Å². The van der Waals surface area contributed by atoms with Crippen molar-refractivity contribution in [1.82, 2.24) is 4.90 Å². The Hall–Kier alpha value is -0.570. The van der Waals surface area contributed by atoms with Crippen LogP contribution in [0.4, 0.5) is 0 Å². The Bertz CT molecular complexity index is 199. The molecule has 0 aromatic carbocycles. The molecule has 1 aliphatic rings. The Balaban J connectivity index is 2.56. The molecule has 0 saturated carbocycles. The maximum Gasteiger partial charge on any atom is 0.225 e. The summed E-state index contributed by atoms with van der Waals surface area (Å²) in [4.78, 5) is 13.5. The minimum absolute atomic E-state index is 0.119. The van der Waals surface area contributed by atoms with E-state index in [1.165, 1.54) is 0 Å². The minimum Gasteiger partial charge on any atom is -0.359 e. The summed E-state index contributed by atoms with van der Waals surface area (Å²) in [5.41, 5.74) is -0.119. The maximum atomic E-state index is 11.7. The Morgan fingerprint density at radius 2 is 2.15 bits per heavy atom. The highest BCUT2D eigenvalue weighted by Crippen LogP contribution is 2.23. The van der Waals surface area contributed by atoms with Crippen molar-refractivity contribution in [2.45, 2.75) is 39.7 Å². The molecule has 0 atom stereocenters. The topological polar surface area (TPSA) is 29.5 Å². The molecular formula is C10H19NO2. The zero-order chi connectivity index (χ0) is 10.1. The first-order chi connectivity index (χ1) is 5.93. The molecule has 13 heavy (non-hydrogen) atoms. The summed E-state index contributed by atoms with van der Waals surface area (Å²) in [6.07, 6.45) is 0.618. The predicted molar refractivity (Wildman–Crippen MR) is 51.2 cm³/mol. The van der Waals surface area contributed by atoms with Gasteiger partial charge in [0.1, 0.15) is 6.73 Å². The summed E-state index contributed by atoms with van der Waals surface area (Å²) in [6.45, 7) is 9.30. The van der Waals surface area contributed by atoms with Gasteiger partial charge in [0.2, 0.25) is 5.91 Å². The molecule has 76 valence electrons. The number of hydrogen-bond acceptors (Lipinski definition) is 2. The first kappa shape index (κ1) is 10.5. The van der Waals surface area contributed by atoms with E-state index in [2.05, 4.69) is 13.8 Å². The van der Waals surface area contributed by atoms with Gasteiger partial charge in [0.25, 0.3) is 0 Å². The van der Waals surface area contributed by atoms with Gasteiger partial charge in [-0.25, -0.2) is 0 Å². The molecule has 0 bridgehead atoms. The van der Waals surface area contributed by atoms with E-state index in [0.29, 0.717) is 25.7 Å². The van der Waals surface area contributed by atoms with Gasteiger partial charge in [-0.15, -0.1) is 0 Å². The number of carbonyl (C=O) groups is 1. The lowest BCUT2D eigenvalue weighted by Gasteiger charge is -2.29. The van der Waals surface area contributed by atoms with Crippen molar-refractivity contribution < 1.29 is 9.53 Å². The van der Waals surface area contributed by atoms with Crippen molar-refractivity contribution in [2.75, 3.05) is 13.3 Å². The summed E-state index contributed by atoms with van der Waals surface area (Å²) in [5.74, 6) is 0.626. The molecule has 0 radical (unpaired) electrons. The molecule has 1 aliphatic heterocycles. The van der Waals surface area contributed by atoms with E-state index in [-0.39, 0.29) is 11.4 Å². The van der Waals surface area contributed by atoms with Gasteiger partial charge in [0.05, 0.1) is 12.1 Å². The van der Waals surface area contributed by atoms with E-state index < -0.39 is 0 Å². The van der Waals surface area contributed by atoms with Crippen LogP contribution in [0.2, 0.25) is 0 Å². The van der Waals surface area contributed by atoms with Crippen LogP contribution in [0.15, 0.2) is 0 Å². The van der Waals surface area contributed by atoms with Crippen LogP contribution < -0.4 is 0 Å². The van der Waals surface area contributed by atoms with Gasteiger partial charge < -0.3 is 9.64 Å². The molecule has 0 aromatic rings. The Kier molecular flexibility index (Phi) is 2.96. The monoisotopic (exact) mass is 185 g/mol. The normalized spacial score (nSPS) is 21.2. The number of nitrogens with zero attached hydrogens (tertiary/aromatic N) is 1. The molecule has 0 N–H and O–H groups in total. The lowest BCUT2D eigenvalue weighted by molar-refractivity contribution is -0.135. The van der Waals surface area contributed by atoms with E-state index in [0.717, 1.165) is 0 Å². The summed E-state index contributed by atoms with van der Waals surface area (Å²) in [5, 5.41) is 0. The van der Waals surface area contributed by atoms with Gasteiger partial charge in [-0.2, -0.15) is 0 Å². The second-order valence-electron chi connectivity index (χ2n) is 4.71. The summed E-state index contributed by atoms with van der Waals surface area (Å²) < 4.78 is 5.28. The summed E-state index contributed by atoms with van der Waals surface area (Å²) in [7, 11) is 0. The summed E-state index contributed by atoms with van der Waals surface area (Å²) >= 11 is 0. The van der Waals surface area contributed by atoms with Crippen LogP contribution in [0.1, 0.15) is 34.1 Å². The number of rotatable bonds is 2. The first-order valence-corrected chi connectivity index (χ1v) is 4.81. The molecule has 0 aromatic heterocycles. The molecule has 1 amide bonds. The van der Waals surface area contributed by atoms with Gasteiger partial charge in [0, 0.05) is 6.42 Å². The van der Waals surface area contributed by atoms with Gasteiger partial charge in [-0.3, -0.25) is 4.79 Å². The average molecular weight is 185 g/mol. The molecule has 1 saturated heterocycles. The number of ether oxygens (including phenoxy) is 1. The first-order valence-electron chi connectivity index (χ1n) is 4.81. The highest BCUT2D eigenvalue weighted by atomic mass is 16.5. The molecule has 1 heterocycles. The fourth-order valence-electron chi connectivity index (χ4n) is 1.51. The predicted octanol–water partition coefficient (Wildman–Crippen LogP) is 1.63. The van der Waals surface area contributed by atoms with Crippen LogP contribution in [0, 0.1) is 5.92 Å². The van der Waals surface area contributed by atoms with Crippen LogP contribution in [0.3, 0.4) is 0 Å².